The van der Waals surface area contributed by atoms with Gasteiger partial charge in [0, 0.05) is 0 Å². The van der Waals surface area contributed by atoms with Gasteiger partial charge in [0.15, 0.2) is 0 Å². The maximum atomic E-state index is 11.9. The summed E-state index contributed by atoms with van der Waals surface area (Å²) in [5.41, 5.74) is 0.477. The molecular weight excluding hydrogens is 424 g/mol. The molecule has 0 aromatic heterocycles. The first-order chi connectivity index (χ1) is 15.4. The molecule has 4 heteroatoms. The van der Waals surface area contributed by atoms with Crippen molar-refractivity contribution in [1.82, 2.24) is 0 Å². The number of ether oxygens (including phenoxy) is 1. The largest absolute Gasteiger partial charge is 0.387 e. The third-order valence-electron chi connectivity index (χ3n) is 9.04. The average Bonchev–Trinajstić information content (AvgIpc) is 2.85. The second-order valence-electron chi connectivity index (χ2n) is 10.1. The summed E-state index contributed by atoms with van der Waals surface area (Å²) in [5.74, 6) is 0. The van der Waals surface area contributed by atoms with E-state index in [0.717, 1.165) is 25.7 Å². The van der Waals surface area contributed by atoms with Crippen LogP contribution in [0.25, 0.3) is 0 Å². The molecule has 0 heterocycles. The van der Waals surface area contributed by atoms with Crippen molar-refractivity contribution in [3.63, 3.8) is 0 Å². The minimum absolute atomic E-state index is 0.189. The topological polar surface area (TPSA) is 29.5 Å². The van der Waals surface area contributed by atoms with Crippen molar-refractivity contribution in [3.05, 3.63) is 46.8 Å². The molecular formula is C28H50O2Si2. The van der Waals surface area contributed by atoms with Gasteiger partial charge in [-0.3, -0.25) is 0 Å². The monoisotopic (exact) mass is 474 g/mol. The van der Waals surface area contributed by atoms with E-state index in [-0.39, 0.29) is 6.10 Å². The number of rotatable bonds is 13. The van der Waals surface area contributed by atoms with Crippen LogP contribution in [0, 0.1) is 0 Å². The van der Waals surface area contributed by atoms with Crippen LogP contribution in [0.3, 0.4) is 0 Å². The summed E-state index contributed by atoms with van der Waals surface area (Å²) in [5, 5.41) is 11.9. The molecule has 0 aliphatic heterocycles. The molecule has 1 aliphatic rings. The summed E-state index contributed by atoms with van der Waals surface area (Å²) in [6.45, 7) is 15.2. The first kappa shape index (κ1) is 27.6. The van der Waals surface area contributed by atoms with E-state index >= 15 is 0 Å². The van der Waals surface area contributed by atoms with Crippen molar-refractivity contribution in [2.24, 2.45) is 0 Å². The molecule has 0 bridgehead atoms. The fraction of sp³-hybridized carbons (Fsp3) is 0.714. The van der Waals surface area contributed by atoms with E-state index in [9.17, 15) is 5.11 Å². The second kappa shape index (κ2) is 12.7. The van der Waals surface area contributed by atoms with Gasteiger partial charge in [-0.05, 0) is 18.4 Å². The number of hydrogen-bond donors (Lipinski definition) is 1. The molecule has 0 spiro atoms. The second-order valence-corrected chi connectivity index (χ2v) is 21.1. The maximum absolute atomic E-state index is 11.9. The molecule has 1 atom stereocenters. The third kappa shape index (κ3) is 6.05. The smallest absolute Gasteiger partial charge is 0.104 e. The lowest BCUT2D eigenvalue weighted by atomic mass is 9.80. The molecule has 182 valence electrons. The molecule has 1 fully saturated rings. The summed E-state index contributed by atoms with van der Waals surface area (Å²) >= 11 is 0. The van der Waals surface area contributed by atoms with Crippen LogP contribution >= 0.6 is 0 Å². The van der Waals surface area contributed by atoms with Crippen molar-refractivity contribution in [1.29, 1.82) is 0 Å². The zero-order chi connectivity index (χ0) is 23.7. The summed E-state index contributed by atoms with van der Waals surface area (Å²) < 4.78 is 6.68. The summed E-state index contributed by atoms with van der Waals surface area (Å²) in [6, 6.07) is 18.4. The molecule has 1 aromatic carbocycles. The van der Waals surface area contributed by atoms with E-state index < -0.39 is 21.7 Å². The first-order valence-corrected chi connectivity index (χ1v) is 18.7. The first-order valence-electron chi connectivity index (χ1n) is 13.5. The molecule has 1 saturated carbocycles. The average molecular weight is 475 g/mol. The number of benzene rings is 1. The van der Waals surface area contributed by atoms with Crippen LogP contribution in [0.5, 0.6) is 0 Å². The summed E-state index contributed by atoms with van der Waals surface area (Å²) in [4.78, 5) is 1.84. The van der Waals surface area contributed by atoms with Gasteiger partial charge in [0.2, 0.25) is 0 Å². The highest BCUT2D eigenvalue weighted by atomic mass is 28.4. The van der Waals surface area contributed by atoms with Crippen LogP contribution in [0.1, 0.15) is 79.2 Å². The Hall–Kier alpha value is -0.686. The van der Waals surface area contributed by atoms with E-state index in [2.05, 4.69) is 78.0 Å². The molecule has 1 aliphatic carbocycles. The van der Waals surface area contributed by atoms with Crippen LogP contribution in [-0.2, 0) is 11.3 Å². The Labute approximate surface area is 200 Å². The molecule has 32 heavy (non-hydrogen) atoms. The SMILES string of the molecule is CC[Si](CC)(CC)C(=C[C@@H](OCc1ccccc1)C1(O)CCCCC1)[Si](CC)(CC)CC. The molecule has 0 radical (unpaired) electrons. The Kier molecular flexibility index (Phi) is 10.9. The standard InChI is InChI=1S/C28H50O2Si2/c1-7-31(8-2,9-3)27(32(10-4,11-5)12-6)23-26(28(29)21-17-14-18-22-28)30-24-25-19-15-13-16-20-25/h13,15-16,19-20,23,26,29H,7-12,14,17-18,21-22,24H2,1-6H3/t26-/m1/s1. The normalized spacial score (nSPS) is 17.7. The predicted molar refractivity (Wildman–Crippen MR) is 146 cm³/mol. The van der Waals surface area contributed by atoms with Crippen molar-refractivity contribution < 1.29 is 9.84 Å². The van der Waals surface area contributed by atoms with Crippen molar-refractivity contribution in [3.8, 4) is 0 Å². The quantitative estimate of drug-likeness (QED) is 0.291. The molecule has 1 aromatic rings. The van der Waals surface area contributed by atoms with Crippen LogP contribution in [0.15, 0.2) is 41.2 Å². The Bertz CT molecular complexity index is 648. The maximum Gasteiger partial charge on any atom is 0.104 e. The van der Waals surface area contributed by atoms with E-state index in [4.69, 9.17) is 4.74 Å². The van der Waals surface area contributed by atoms with Gasteiger partial charge in [-0.25, -0.2) is 0 Å². The Morgan fingerprint density at radius 1 is 0.844 bits per heavy atom. The van der Waals surface area contributed by atoms with Crippen LogP contribution in [-0.4, -0.2) is 33.0 Å². The number of aliphatic hydroxyl groups is 1. The lowest BCUT2D eigenvalue weighted by Crippen LogP contribution is -2.52. The summed E-state index contributed by atoms with van der Waals surface area (Å²) in [7, 11) is -3.16. The van der Waals surface area contributed by atoms with E-state index in [1.165, 1.54) is 48.2 Å². The molecule has 0 unspecified atom stereocenters. The highest BCUT2D eigenvalue weighted by Crippen LogP contribution is 2.43. The highest BCUT2D eigenvalue weighted by molar-refractivity contribution is 7.07. The van der Waals surface area contributed by atoms with Crippen molar-refractivity contribution in [2.45, 2.75) is 128 Å². The van der Waals surface area contributed by atoms with E-state index in [1.807, 2.05) is 4.82 Å². The summed E-state index contributed by atoms with van der Waals surface area (Å²) in [6.07, 6.45) is 7.56. The highest BCUT2D eigenvalue weighted by Gasteiger charge is 2.46. The van der Waals surface area contributed by atoms with Gasteiger partial charge < -0.3 is 9.84 Å². The zero-order valence-electron chi connectivity index (χ0n) is 21.9. The lowest BCUT2D eigenvalue weighted by molar-refractivity contribution is -0.110. The lowest BCUT2D eigenvalue weighted by Gasteiger charge is -2.45. The van der Waals surface area contributed by atoms with Crippen molar-refractivity contribution in [2.75, 3.05) is 0 Å². The zero-order valence-corrected chi connectivity index (χ0v) is 23.9. The van der Waals surface area contributed by atoms with Gasteiger partial charge >= 0.3 is 0 Å². The van der Waals surface area contributed by atoms with Gasteiger partial charge in [-0.1, -0.05) is 138 Å². The molecule has 0 amide bonds. The van der Waals surface area contributed by atoms with Gasteiger partial charge in [0.25, 0.3) is 0 Å². The third-order valence-corrected chi connectivity index (χ3v) is 23.0. The molecule has 2 rings (SSSR count). The Balaban J connectivity index is 2.59. The minimum atomic E-state index is -1.58. The molecule has 1 N–H and O–H groups in total. The van der Waals surface area contributed by atoms with Gasteiger partial charge in [-0.2, -0.15) is 0 Å². The minimum Gasteiger partial charge on any atom is -0.387 e. The predicted octanol–water partition coefficient (Wildman–Crippen LogP) is 8.29. The van der Waals surface area contributed by atoms with E-state index in [1.54, 1.807) is 0 Å². The van der Waals surface area contributed by atoms with Gasteiger partial charge in [0.05, 0.1) is 28.4 Å². The number of hydrogen-bond acceptors (Lipinski definition) is 2. The fourth-order valence-electron chi connectivity index (χ4n) is 6.28. The van der Waals surface area contributed by atoms with Crippen LogP contribution in [0.2, 0.25) is 36.3 Å². The van der Waals surface area contributed by atoms with E-state index in [0.29, 0.717) is 6.61 Å². The van der Waals surface area contributed by atoms with Gasteiger partial charge in [0.1, 0.15) is 6.10 Å². The van der Waals surface area contributed by atoms with Gasteiger partial charge in [-0.15, -0.1) is 0 Å². The Morgan fingerprint density at radius 2 is 1.31 bits per heavy atom. The molecule has 0 saturated heterocycles. The van der Waals surface area contributed by atoms with Crippen LogP contribution in [0.4, 0.5) is 0 Å². The van der Waals surface area contributed by atoms with Crippen LogP contribution < -0.4 is 0 Å². The van der Waals surface area contributed by atoms with Crippen molar-refractivity contribution >= 4 is 16.1 Å². The Morgan fingerprint density at radius 3 is 1.75 bits per heavy atom. The fourth-order valence-corrected chi connectivity index (χ4v) is 20.3. The molecule has 2 nitrogen and oxygen atoms in total.